The van der Waals surface area contributed by atoms with Gasteiger partial charge in [0.15, 0.2) is 0 Å². The minimum atomic E-state index is 0.689. The standard InChI is InChI=1S/C6H6N4S/c1-10-8-6(7-9-10)5-2-3-11-4-5/h2-4H,1H3. The van der Waals surface area contributed by atoms with E-state index in [1.165, 1.54) is 4.80 Å². The smallest absolute Gasteiger partial charge is 0.167 e. The molecule has 5 heteroatoms. The summed E-state index contributed by atoms with van der Waals surface area (Å²) >= 11 is 1.63. The van der Waals surface area contributed by atoms with Gasteiger partial charge in [-0.15, -0.1) is 10.2 Å². The lowest BCUT2D eigenvalue weighted by atomic mass is 10.3. The van der Waals surface area contributed by atoms with E-state index < -0.39 is 0 Å². The first kappa shape index (κ1) is 6.48. The number of hydrogen-bond acceptors (Lipinski definition) is 4. The lowest BCUT2D eigenvalue weighted by molar-refractivity contribution is 0.630. The molecule has 0 saturated heterocycles. The van der Waals surface area contributed by atoms with Gasteiger partial charge in [0.2, 0.25) is 5.82 Å². The zero-order chi connectivity index (χ0) is 7.68. The lowest BCUT2D eigenvalue weighted by Crippen LogP contribution is -1.91. The van der Waals surface area contributed by atoms with Crippen molar-refractivity contribution in [1.29, 1.82) is 0 Å². The van der Waals surface area contributed by atoms with Crippen LogP contribution in [0.15, 0.2) is 16.8 Å². The van der Waals surface area contributed by atoms with Crippen LogP contribution in [0.4, 0.5) is 0 Å². The van der Waals surface area contributed by atoms with Crippen molar-refractivity contribution in [2.45, 2.75) is 0 Å². The van der Waals surface area contributed by atoms with Gasteiger partial charge in [-0.2, -0.15) is 16.1 Å². The lowest BCUT2D eigenvalue weighted by Gasteiger charge is -1.82. The van der Waals surface area contributed by atoms with E-state index in [9.17, 15) is 0 Å². The van der Waals surface area contributed by atoms with Gasteiger partial charge in [0.25, 0.3) is 0 Å². The predicted molar refractivity (Wildman–Crippen MR) is 42.1 cm³/mol. The van der Waals surface area contributed by atoms with Crippen molar-refractivity contribution < 1.29 is 0 Å². The summed E-state index contributed by atoms with van der Waals surface area (Å²) in [5.41, 5.74) is 1.03. The highest BCUT2D eigenvalue weighted by atomic mass is 32.1. The molecule has 0 aliphatic rings. The first-order valence-electron chi connectivity index (χ1n) is 3.13. The van der Waals surface area contributed by atoms with Gasteiger partial charge in [0.05, 0.1) is 7.05 Å². The Labute approximate surface area is 67.5 Å². The fourth-order valence-corrected chi connectivity index (χ4v) is 1.43. The van der Waals surface area contributed by atoms with Crippen molar-refractivity contribution in [3.8, 4) is 11.4 Å². The quantitative estimate of drug-likeness (QED) is 0.633. The zero-order valence-corrected chi connectivity index (χ0v) is 6.75. The second-order valence-electron chi connectivity index (χ2n) is 2.11. The van der Waals surface area contributed by atoms with E-state index >= 15 is 0 Å². The molecule has 2 rings (SSSR count). The SMILES string of the molecule is Cn1nnc(-c2ccsc2)n1. The topological polar surface area (TPSA) is 43.6 Å². The molecular weight excluding hydrogens is 160 g/mol. The molecule has 0 aromatic carbocycles. The van der Waals surface area contributed by atoms with E-state index in [2.05, 4.69) is 15.4 Å². The molecule has 11 heavy (non-hydrogen) atoms. The molecule has 2 aromatic rings. The summed E-state index contributed by atoms with van der Waals surface area (Å²) in [6.07, 6.45) is 0. The van der Waals surface area contributed by atoms with Gasteiger partial charge in [-0.25, -0.2) is 0 Å². The van der Waals surface area contributed by atoms with Gasteiger partial charge in [-0.3, -0.25) is 0 Å². The molecule has 0 amide bonds. The number of tetrazole rings is 1. The molecule has 0 aliphatic carbocycles. The zero-order valence-electron chi connectivity index (χ0n) is 5.93. The summed E-state index contributed by atoms with van der Waals surface area (Å²) in [5.74, 6) is 0.689. The van der Waals surface area contributed by atoms with Crippen LogP contribution in [0.3, 0.4) is 0 Å². The highest BCUT2D eigenvalue weighted by Crippen LogP contribution is 2.15. The average molecular weight is 166 g/mol. The van der Waals surface area contributed by atoms with E-state index in [0.717, 1.165) is 5.56 Å². The number of thiophene rings is 1. The van der Waals surface area contributed by atoms with E-state index in [4.69, 9.17) is 0 Å². The van der Waals surface area contributed by atoms with Crippen LogP contribution < -0.4 is 0 Å². The van der Waals surface area contributed by atoms with Crippen LogP contribution >= 0.6 is 11.3 Å². The number of aryl methyl sites for hydroxylation is 1. The first-order valence-corrected chi connectivity index (χ1v) is 4.07. The van der Waals surface area contributed by atoms with Crippen LogP contribution in [0.2, 0.25) is 0 Å². The summed E-state index contributed by atoms with van der Waals surface area (Å²) < 4.78 is 0. The molecule has 56 valence electrons. The summed E-state index contributed by atoms with van der Waals surface area (Å²) in [5, 5.41) is 15.6. The molecule has 0 spiro atoms. The Kier molecular flexibility index (Phi) is 1.43. The van der Waals surface area contributed by atoms with Gasteiger partial charge in [-0.05, 0) is 16.7 Å². The summed E-state index contributed by atoms with van der Waals surface area (Å²) in [6.45, 7) is 0. The minimum absolute atomic E-state index is 0.689. The van der Waals surface area contributed by atoms with E-state index in [1.54, 1.807) is 18.4 Å². The first-order chi connectivity index (χ1) is 5.36. The molecule has 0 fully saturated rings. The maximum atomic E-state index is 4.05. The van der Waals surface area contributed by atoms with Crippen LogP contribution in [0.5, 0.6) is 0 Å². The molecule has 0 atom stereocenters. The molecule has 4 nitrogen and oxygen atoms in total. The van der Waals surface area contributed by atoms with Crippen molar-refractivity contribution in [1.82, 2.24) is 20.2 Å². The molecule has 0 unspecified atom stereocenters. The van der Waals surface area contributed by atoms with Crippen molar-refractivity contribution in [3.63, 3.8) is 0 Å². The molecule has 0 bridgehead atoms. The third-order valence-electron chi connectivity index (χ3n) is 1.29. The van der Waals surface area contributed by atoms with E-state index in [-0.39, 0.29) is 0 Å². The van der Waals surface area contributed by atoms with Crippen LogP contribution in [0.25, 0.3) is 11.4 Å². The van der Waals surface area contributed by atoms with Gasteiger partial charge >= 0.3 is 0 Å². The molecule has 0 radical (unpaired) electrons. The maximum Gasteiger partial charge on any atom is 0.205 e. The Balaban J connectivity index is 2.45. The molecule has 2 aromatic heterocycles. The fraction of sp³-hybridized carbons (Fsp3) is 0.167. The van der Waals surface area contributed by atoms with Gasteiger partial charge < -0.3 is 0 Å². The number of rotatable bonds is 1. The molecule has 0 saturated carbocycles. The monoisotopic (exact) mass is 166 g/mol. The summed E-state index contributed by atoms with van der Waals surface area (Å²) in [4.78, 5) is 1.45. The maximum absolute atomic E-state index is 4.05. The van der Waals surface area contributed by atoms with Crippen molar-refractivity contribution in [2.24, 2.45) is 7.05 Å². The number of hydrogen-bond donors (Lipinski definition) is 0. The van der Waals surface area contributed by atoms with E-state index in [1.807, 2.05) is 16.8 Å². The third kappa shape index (κ3) is 1.14. The average Bonchev–Trinajstić information content (AvgIpc) is 2.55. The van der Waals surface area contributed by atoms with Crippen molar-refractivity contribution in [2.75, 3.05) is 0 Å². The minimum Gasteiger partial charge on any atom is -0.167 e. The normalized spacial score (nSPS) is 10.3. The van der Waals surface area contributed by atoms with Crippen LogP contribution in [-0.4, -0.2) is 20.2 Å². The number of aromatic nitrogens is 4. The Morgan fingerprint density at radius 3 is 3.00 bits per heavy atom. The highest BCUT2D eigenvalue weighted by Gasteiger charge is 2.02. The Morgan fingerprint density at radius 2 is 2.45 bits per heavy atom. The van der Waals surface area contributed by atoms with Gasteiger partial charge in [0.1, 0.15) is 0 Å². The van der Waals surface area contributed by atoms with E-state index in [0.29, 0.717) is 5.82 Å². The Morgan fingerprint density at radius 1 is 1.55 bits per heavy atom. The molecular formula is C6H6N4S. The van der Waals surface area contributed by atoms with Crippen LogP contribution in [0, 0.1) is 0 Å². The second-order valence-corrected chi connectivity index (χ2v) is 2.89. The second kappa shape index (κ2) is 2.43. The Bertz CT molecular complexity index is 337. The largest absolute Gasteiger partial charge is 0.205 e. The van der Waals surface area contributed by atoms with Crippen LogP contribution in [0.1, 0.15) is 0 Å². The Hall–Kier alpha value is -1.23. The van der Waals surface area contributed by atoms with Crippen molar-refractivity contribution in [3.05, 3.63) is 16.8 Å². The summed E-state index contributed by atoms with van der Waals surface area (Å²) in [7, 11) is 1.75. The number of nitrogens with zero attached hydrogens (tertiary/aromatic N) is 4. The van der Waals surface area contributed by atoms with Gasteiger partial charge in [0, 0.05) is 10.9 Å². The predicted octanol–water partition coefficient (Wildman–Crippen LogP) is 0.939. The highest BCUT2D eigenvalue weighted by molar-refractivity contribution is 7.08. The third-order valence-corrected chi connectivity index (χ3v) is 1.97. The fourth-order valence-electron chi connectivity index (χ4n) is 0.791. The molecule has 0 aliphatic heterocycles. The summed E-state index contributed by atoms with van der Waals surface area (Å²) in [6, 6.07) is 1.97. The van der Waals surface area contributed by atoms with Crippen molar-refractivity contribution >= 4 is 11.3 Å². The van der Waals surface area contributed by atoms with Gasteiger partial charge in [-0.1, -0.05) is 0 Å². The van der Waals surface area contributed by atoms with Crippen LogP contribution in [-0.2, 0) is 7.05 Å². The molecule has 2 heterocycles. The molecule has 0 N–H and O–H groups in total.